The summed E-state index contributed by atoms with van der Waals surface area (Å²) in [6.07, 6.45) is 1.00. The summed E-state index contributed by atoms with van der Waals surface area (Å²) in [7, 11) is 1.47. The lowest BCUT2D eigenvalue weighted by atomic mass is 9.77. The van der Waals surface area contributed by atoms with Crippen molar-refractivity contribution in [3.8, 4) is 11.5 Å². The first kappa shape index (κ1) is 27.3. The van der Waals surface area contributed by atoms with Crippen molar-refractivity contribution in [3.05, 3.63) is 34.9 Å². The van der Waals surface area contributed by atoms with Crippen LogP contribution >= 0.6 is 0 Å². The smallest absolute Gasteiger partial charge is 0.249 e. The summed E-state index contributed by atoms with van der Waals surface area (Å²) < 4.78 is 22.8. The summed E-state index contributed by atoms with van der Waals surface area (Å²) in [5.74, 6) is -0.700. The Balaban J connectivity index is 1.76. The molecule has 0 spiro atoms. The van der Waals surface area contributed by atoms with Crippen LogP contribution < -0.4 is 14.8 Å². The first-order chi connectivity index (χ1) is 17.9. The van der Waals surface area contributed by atoms with Crippen LogP contribution in [0.2, 0.25) is 0 Å². The zero-order valence-corrected chi connectivity index (χ0v) is 21.2. The van der Waals surface area contributed by atoms with Gasteiger partial charge in [-0.05, 0) is 43.5 Å². The molecule has 2 aliphatic heterocycles. The van der Waals surface area contributed by atoms with Crippen LogP contribution in [-0.4, -0.2) is 103 Å². The molecule has 0 aromatic heterocycles. The van der Waals surface area contributed by atoms with Crippen molar-refractivity contribution >= 4 is 11.8 Å². The Bertz CT molecular complexity index is 1010. The number of aliphatic hydroxyl groups is 3. The van der Waals surface area contributed by atoms with E-state index in [9.17, 15) is 24.9 Å². The second-order valence-corrected chi connectivity index (χ2v) is 9.34. The average Bonchev–Trinajstić information content (AvgIpc) is 3.57. The van der Waals surface area contributed by atoms with Gasteiger partial charge >= 0.3 is 0 Å². The van der Waals surface area contributed by atoms with Crippen molar-refractivity contribution in [2.24, 2.45) is 0 Å². The van der Waals surface area contributed by atoms with E-state index in [0.717, 1.165) is 12.8 Å². The Hall–Kier alpha value is -2.70. The minimum absolute atomic E-state index is 0.0391. The lowest BCUT2D eigenvalue weighted by Crippen LogP contribution is -2.57. The molecular formula is C26H36N2O9. The number of ether oxygens (including phenoxy) is 4. The third-order valence-corrected chi connectivity index (χ3v) is 7.03. The number of benzene rings is 1. The largest absolute Gasteiger partial charge is 0.493 e. The van der Waals surface area contributed by atoms with Crippen LogP contribution in [0, 0.1) is 0 Å². The molecule has 0 bridgehead atoms. The van der Waals surface area contributed by atoms with Gasteiger partial charge in [0, 0.05) is 37.4 Å². The number of methoxy groups -OCH3 is 1. The monoisotopic (exact) mass is 520 g/mol. The van der Waals surface area contributed by atoms with Gasteiger partial charge in [-0.2, -0.15) is 0 Å². The number of hydrogen-bond donors (Lipinski definition) is 4. The molecule has 4 rings (SSSR count). The highest BCUT2D eigenvalue weighted by atomic mass is 16.5. The molecule has 37 heavy (non-hydrogen) atoms. The number of rotatable bonds is 11. The lowest BCUT2D eigenvalue weighted by Gasteiger charge is -2.41. The molecule has 2 amide bonds. The Labute approximate surface area is 215 Å². The molecule has 11 nitrogen and oxygen atoms in total. The van der Waals surface area contributed by atoms with Crippen molar-refractivity contribution in [2.45, 2.75) is 56.6 Å². The predicted octanol–water partition coefficient (Wildman–Crippen LogP) is -0.146. The molecule has 0 unspecified atom stereocenters. The molecule has 1 fully saturated rings. The Morgan fingerprint density at radius 3 is 2.73 bits per heavy atom. The SMILES string of the molecule is CCOCC(=O)N(C[C@@H]1CCCO1)[C@@H]1C=C(C(=O)NCCO)[C@@H]2c3cc(CO)cc(OC)c3O[C@@H]2[C@H]1O. The van der Waals surface area contributed by atoms with E-state index in [4.69, 9.17) is 18.9 Å². The Kier molecular flexibility index (Phi) is 9.04. The molecule has 2 heterocycles. The molecule has 11 heteroatoms. The van der Waals surface area contributed by atoms with E-state index in [2.05, 4.69) is 5.32 Å². The second-order valence-electron chi connectivity index (χ2n) is 9.34. The quantitative estimate of drug-likeness (QED) is 0.313. The van der Waals surface area contributed by atoms with Crippen molar-refractivity contribution in [2.75, 3.05) is 46.6 Å². The number of carbonyl (C=O) groups is 2. The summed E-state index contributed by atoms with van der Waals surface area (Å²) in [4.78, 5) is 28.1. The fourth-order valence-corrected chi connectivity index (χ4v) is 5.29. The Morgan fingerprint density at radius 1 is 1.27 bits per heavy atom. The van der Waals surface area contributed by atoms with Gasteiger partial charge in [-0.3, -0.25) is 9.59 Å². The van der Waals surface area contributed by atoms with Crippen LogP contribution in [0.4, 0.5) is 0 Å². The third-order valence-electron chi connectivity index (χ3n) is 7.03. The van der Waals surface area contributed by atoms with Crippen LogP contribution in [0.3, 0.4) is 0 Å². The molecule has 204 valence electrons. The van der Waals surface area contributed by atoms with Gasteiger partial charge in [0.1, 0.15) is 18.8 Å². The third kappa shape index (κ3) is 5.60. The zero-order valence-electron chi connectivity index (χ0n) is 21.2. The zero-order chi connectivity index (χ0) is 26.5. The maximum atomic E-state index is 13.3. The average molecular weight is 521 g/mol. The van der Waals surface area contributed by atoms with Gasteiger partial charge < -0.3 is 44.5 Å². The second kappa shape index (κ2) is 12.2. The molecule has 4 N–H and O–H groups in total. The summed E-state index contributed by atoms with van der Waals surface area (Å²) >= 11 is 0. The standard InChI is InChI=1S/C26H36N2O9/c1-3-35-14-21(31)28(12-16-5-4-8-36-16)19-11-18(26(33)27-6-7-29)22-17-9-15(13-30)10-20(34-2)24(17)37-25(22)23(19)32/h9-11,16,19,22-23,25,29-30,32H,3-8,12-14H2,1-2H3,(H,27,33)/t16-,19+,22-,23-,25-/m0/s1. The number of aliphatic hydroxyl groups excluding tert-OH is 3. The topological polar surface area (TPSA) is 147 Å². The van der Waals surface area contributed by atoms with Crippen LogP contribution in [-0.2, 0) is 25.7 Å². The van der Waals surface area contributed by atoms with Crippen molar-refractivity contribution in [3.63, 3.8) is 0 Å². The molecule has 1 aromatic carbocycles. The number of hydrogen-bond acceptors (Lipinski definition) is 9. The number of fused-ring (bicyclic) bond motifs is 3. The van der Waals surface area contributed by atoms with Gasteiger partial charge in [-0.1, -0.05) is 0 Å². The first-order valence-electron chi connectivity index (χ1n) is 12.7. The van der Waals surface area contributed by atoms with Crippen LogP contribution in [0.25, 0.3) is 0 Å². The van der Waals surface area contributed by atoms with Crippen molar-refractivity contribution in [1.29, 1.82) is 0 Å². The van der Waals surface area contributed by atoms with Gasteiger partial charge in [0.05, 0.1) is 38.4 Å². The lowest BCUT2D eigenvalue weighted by molar-refractivity contribution is -0.143. The van der Waals surface area contributed by atoms with E-state index in [1.165, 1.54) is 12.0 Å². The number of amides is 2. The number of nitrogens with one attached hydrogen (secondary N) is 1. The molecule has 1 aliphatic carbocycles. The van der Waals surface area contributed by atoms with Gasteiger partial charge in [0.15, 0.2) is 11.5 Å². The molecule has 0 radical (unpaired) electrons. The van der Waals surface area contributed by atoms with E-state index in [-0.39, 0.29) is 44.9 Å². The van der Waals surface area contributed by atoms with Crippen molar-refractivity contribution < 1.29 is 43.9 Å². The van der Waals surface area contributed by atoms with Gasteiger partial charge in [0.2, 0.25) is 11.8 Å². The minimum Gasteiger partial charge on any atom is -0.493 e. The summed E-state index contributed by atoms with van der Waals surface area (Å²) in [5, 5.41) is 33.3. The number of carbonyl (C=O) groups excluding carboxylic acids is 2. The van der Waals surface area contributed by atoms with Gasteiger partial charge in [-0.25, -0.2) is 0 Å². The predicted molar refractivity (Wildman–Crippen MR) is 131 cm³/mol. The van der Waals surface area contributed by atoms with Crippen LogP contribution in [0.5, 0.6) is 11.5 Å². The maximum Gasteiger partial charge on any atom is 0.249 e. The highest BCUT2D eigenvalue weighted by Crippen LogP contribution is 2.51. The molecule has 0 saturated carbocycles. The molecule has 1 aromatic rings. The van der Waals surface area contributed by atoms with Crippen LogP contribution in [0.1, 0.15) is 36.8 Å². The fraction of sp³-hybridized carbons (Fsp3) is 0.615. The highest BCUT2D eigenvalue weighted by molar-refractivity contribution is 5.96. The molecule has 5 atom stereocenters. The van der Waals surface area contributed by atoms with E-state index < -0.39 is 30.1 Å². The summed E-state index contributed by atoms with van der Waals surface area (Å²) in [5.41, 5.74) is 1.47. The summed E-state index contributed by atoms with van der Waals surface area (Å²) in [6, 6.07) is 2.49. The van der Waals surface area contributed by atoms with Gasteiger partial charge in [0.25, 0.3) is 0 Å². The van der Waals surface area contributed by atoms with E-state index in [1.807, 2.05) is 0 Å². The number of nitrogens with zero attached hydrogens (tertiary/aromatic N) is 1. The fourth-order valence-electron chi connectivity index (χ4n) is 5.29. The Morgan fingerprint density at radius 2 is 2.08 bits per heavy atom. The van der Waals surface area contributed by atoms with E-state index >= 15 is 0 Å². The molecular weight excluding hydrogens is 484 g/mol. The summed E-state index contributed by atoms with van der Waals surface area (Å²) in [6.45, 7) is 2.36. The van der Waals surface area contributed by atoms with E-state index in [1.54, 1.807) is 25.1 Å². The minimum atomic E-state index is -1.18. The van der Waals surface area contributed by atoms with Gasteiger partial charge in [-0.15, -0.1) is 0 Å². The molecule has 1 saturated heterocycles. The van der Waals surface area contributed by atoms with Crippen molar-refractivity contribution in [1.82, 2.24) is 10.2 Å². The molecule has 3 aliphatic rings. The normalized spacial score (nSPS) is 26.1. The van der Waals surface area contributed by atoms with Crippen LogP contribution in [0.15, 0.2) is 23.8 Å². The maximum absolute atomic E-state index is 13.3. The first-order valence-corrected chi connectivity index (χ1v) is 12.7. The highest BCUT2D eigenvalue weighted by Gasteiger charge is 2.51. The van der Waals surface area contributed by atoms with E-state index in [0.29, 0.717) is 41.4 Å².